The Bertz CT molecular complexity index is 1250. The number of carbonyl (C=O) groups excluding carboxylic acids is 2. The van der Waals surface area contributed by atoms with Gasteiger partial charge in [-0.2, -0.15) is 0 Å². The lowest BCUT2D eigenvalue weighted by Crippen LogP contribution is -2.29. The highest BCUT2D eigenvalue weighted by molar-refractivity contribution is 6.51. The zero-order valence-corrected chi connectivity index (χ0v) is 19.5. The van der Waals surface area contributed by atoms with Crippen molar-refractivity contribution in [2.45, 2.75) is 25.8 Å². The Kier molecular flexibility index (Phi) is 6.36. The molecule has 0 saturated carbocycles. The zero-order valence-electron chi connectivity index (χ0n) is 19.5. The molecule has 1 unspecified atom stereocenters. The van der Waals surface area contributed by atoms with Crippen LogP contribution in [0.2, 0.25) is 0 Å². The van der Waals surface area contributed by atoms with Crippen molar-refractivity contribution in [1.29, 1.82) is 0 Å². The molecule has 1 amide bonds. The number of aliphatic hydroxyl groups excluding tert-OH is 1. The molecule has 7 nitrogen and oxygen atoms in total. The molecule has 2 heterocycles. The summed E-state index contributed by atoms with van der Waals surface area (Å²) in [5, 5.41) is 11.3. The highest BCUT2D eigenvalue weighted by atomic mass is 16.5. The van der Waals surface area contributed by atoms with E-state index in [4.69, 9.17) is 9.47 Å². The van der Waals surface area contributed by atoms with Gasteiger partial charge in [0.05, 0.1) is 25.8 Å². The van der Waals surface area contributed by atoms with E-state index in [9.17, 15) is 14.7 Å². The molecule has 1 aliphatic heterocycles. The summed E-state index contributed by atoms with van der Waals surface area (Å²) in [6.07, 6.45) is 3.18. The predicted octanol–water partition coefficient (Wildman–Crippen LogP) is 4.85. The van der Waals surface area contributed by atoms with Gasteiger partial charge in [-0.1, -0.05) is 26.0 Å². The third-order valence-electron chi connectivity index (χ3n) is 5.96. The quantitative estimate of drug-likeness (QED) is 0.323. The largest absolute Gasteiger partial charge is 0.507 e. The highest BCUT2D eigenvalue weighted by Gasteiger charge is 2.47. The van der Waals surface area contributed by atoms with Gasteiger partial charge >= 0.3 is 0 Å². The first kappa shape index (κ1) is 23.0. The molecular formula is C27H26N2O5. The number of hydrogen-bond acceptors (Lipinski definition) is 6. The number of carbonyl (C=O) groups is 2. The minimum atomic E-state index is -0.819. The second kappa shape index (κ2) is 9.39. The molecule has 1 aromatic heterocycles. The molecule has 1 aliphatic rings. The number of aromatic nitrogens is 1. The van der Waals surface area contributed by atoms with Crippen molar-refractivity contribution in [1.82, 2.24) is 4.98 Å². The van der Waals surface area contributed by atoms with Crippen LogP contribution in [-0.4, -0.2) is 36.0 Å². The zero-order chi connectivity index (χ0) is 24.4. The normalized spacial score (nSPS) is 17.3. The van der Waals surface area contributed by atoms with Gasteiger partial charge in [-0.15, -0.1) is 0 Å². The second-order valence-electron chi connectivity index (χ2n) is 8.27. The summed E-state index contributed by atoms with van der Waals surface area (Å²) >= 11 is 0. The number of anilines is 1. The van der Waals surface area contributed by atoms with Crippen LogP contribution in [0.1, 0.15) is 42.5 Å². The molecule has 1 atom stereocenters. The van der Waals surface area contributed by atoms with Crippen LogP contribution >= 0.6 is 0 Å². The molecule has 1 N–H and O–H groups in total. The van der Waals surface area contributed by atoms with Crippen LogP contribution in [0.4, 0.5) is 5.69 Å². The van der Waals surface area contributed by atoms with Gasteiger partial charge in [0.2, 0.25) is 0 Å². The maximum atomic E-state index is 13.3. The van der Waals surface area contributed by atoms with E-state index < -0.39 is 17.7 Å². The lowest BCUT2D eigenvalue weighted by molar-refractivity contribution is -0.132. The molecule has 1 saturated heterocycles. The van der Waals surface area contributed by atoms with Gasteiger partial charge in [-0.25, -0.2) is 0 Å². The SMILES string of the molecule is COc1ccc(/C(O)=C2/C(=O)C(=O)N(c3ccc(C(C)C)cc3)C2c2ccncc2)cc1OC. The van der Waals surface area contributed by atoms with Crippen molar-refractivity contribution >= 4 is 23.1 Å². The Morgan fingerprint density at radius 3 is 2.18 bits per heavy atom. The Hall–Kier alpha value is -4.13. The first-order valence-corrected chi connectivity index (χ1v) is 10.9. The summed E-state index contributed by atoms with van der Waals surface area (Å²) in [5.74, 6) is -0.558. The van der Waals surface area contributed by atoms with E-state index in [2.05, 4.69) is 18.8 Å². The molecule has 174 valence electrons. The summed E-state index contributed by atoms with van der Waals surface area (Å²) in [4.78, 5) is 32.0. The molecule has 0 spiro atoms. The standard InChI is InChI=1S/C27H26N2O5/c1-16(2)17-5-8-20(9-6-17)29-24(18-11-13-28-14-12-18)23(26(31)27(29)32)25(30)19-7-10-21(33-3)22(15-19)34-4/h5-16,24,30H,1-4H3/b25-23-. The van der Waals surface area contributed by atoms with Crippen LogP contribution in [0.5, 0.6) is 11.5 Å². The fourth-order valence-corrected chi connectivity index (χ4v) is 4.12. The van der Waals surface area contributed by atoms with Crippen LogP contribution in [0.15, 0.2) is 72.6 Å². The first-order valence-electron chi connectivity index (χ1n) is 10.9. The number of methoxy groups -OCH3 is 2. The number of ether oxygens (including phenoxy) is 2. The number of benzene rings is 2. The summed E-state index contributed by atoms with van der Waals surface area (Å²) in [5.41, 5.74) is 2.68. The molecule has 4 rings (SSSR count). The fourth-order valence-electron chi connectivity index (χ4n) is 4.12. The minimum Gasteiger partial charge on any atom is -0.507 e. The van der Waals surface area contributed by atoms with E-state index in [1.807, 2.05) is 24.3 Å². The lowest BCUT2D eigenvalue weighted by Gasteiger charge is -2.25. The van der Waals surface area contributed by atoms with Crippen molar-refractivity contribution in [2.24, 2.45) is 0 Å². The molecular weight excluding hydrogens is 432 g/mol. The van der Waals surface area contributed by atoms with E-state index in [1.54, 1.807) is 42.7 Å². The van der Waals surface area contributed by atoms with Gasteiger partial charge in [-0.05, 0) is 59.5 Å². The molecule has 1 fully saturated rings. The smallest absolute Gasteiger partial charge is 0.300 e. The third kappa shape index (κ3) is 4.01. The van der Waals surface area contributed by atoms with Crippen LogP contribution in [-0.2, 0) is 9.59 Å². The summed E-state index contributed by atoms with van der Waals surface area (Å²) in [6.45, 7) is 4.17. The maximum Gasteiger partial charge on any atom is 0.300 e. The number of ketones is 1. The predicted molar refractivity (Wildman–Crippen MR) is 129 cm³/mol. The molecule has 3 aromatic rings. The van der Waals surface area contributed by atoms with Gasteiger partial charge in [0, 0.05) is 23.6 Å². The van der Waals surface area contributed by atoms with Crippen LogP contribution in [0.25, 0.3) is 5.76 Å². The average Bonchev–Trinajstić information content (AvgIpc) is 3.13. The Balaban J connectivity index is 1.89. The fraction of sp³-hybridized carbons (Fsp3) is 0.222. The van der Waals surface area contributed by atoms with Crippen LogP contribution < -0.4 is 14.4 Å². The number of Topliss-reactive ketones (excluding diaryl/α,β-unsaturated/α-hetero) is 1. The van der Waals surface area contributed by atoms with E-state index in [0.717, 1.165) is 5.56 Å². The summed E-state index contributed by atoms with van der Waals surface area (Å²) in [7, 11) is 3.00. The second-order valence-corrected chi connectivity index (χ2v) is 8.27. The van der Waals surface area contributed by atoms with Gasteiger partial charge in [0.1, 0.15) is 5.76 Å². The molecule has 0 radical (unpaired) electrons. The van der Waals surface area contributed by atoms with Crippen molar-refractivity contribution in [3.63, 3.8) is 0 Å². The van der Waals surface area contributed by atoms with Crippen molar-refractivity contribution in [2.75, 3.05) is 19.1 Å². The highest BCUT2D eigenvalue weighted by Crippen LogP contribution is 2.43. The Morgan fingerprint density at radius 1 is 0.941 bits per heavy atom. The monoisotopic (exact) mass is 458 g/mol. The van der Waals surface area contributed by atoms with E-state index >= 15 is 0 Å². The number of pyridine rings is 1. The van der Waals surface area contributed by atoms with Gasteiger partial charge in [-0.3, -0.25) is 19.5 Å². The number of hydrogen-bond donors (Lipinski definition) is 1. The average molecular weight is 459 g/mol. The van der Waals surface area contributed by atoms with Gasteiger partial charge in [0.15, 0.2) is 11.5 Å². The van der Waals surface area contributed by atoms with Crippen molar-refractivity contribution in [3.8, 4) is 11.5 Å². The maximum absolute atomic E-state index is 13.3. The topological polar surface area (TPSA) is 89.0 Å². The molecule has 34 heavy (non-hydrogen) atoms. The summed E-state index contributed by atoms with van der Waals surface area (Å²) in [6, 6.07) is 15.0. The first-order chi connectivity index (χ1) is 16.4. The summed E-state index contributed by atoms with van der Waals surface area (Å²) < 4.78 is 10.6. The number of aliphatic hydroxyl groups is 1. The van der Waals surface area contributed by atoms with E-state index in [0.29, 0.717) is 34.2 Å². The van der Waals surface area contributed by atoms with Crippen molar-refractivity contribution < 1.29 is 24.2 Å². The van der Waals surface area contributed by atoms with E-state index in [-0.39, 0.29) is 11.3 Å². The third-order valence-corrected chi connectivity index (χ3v) is 5.96. The van der Waals surface area contributed by atoms with Crippen LogP contribution in [0, 0.1) is 0 Å². The van der Waals surface area contributed by atoms with Gasteiger partial charge < -0.3 is 14.6 Å². The molecule has 0 bridgehead atoms. The molecule has 2 aromatic carbocycles. The number of amides is 1. The molecule has 7 heteroatoms. The molecule has 0 aliphatic carbocycles. The van der Waals surface area contributed by atoms with Crippen LogP contribution in [0.3, 0.4) is 0 Å². The minimum absolute atomic E-state index is 0.00337. The number of rotatable bonds is 6. The lowest BCUT2D eigenvalue weighted by atomic mass is 9.95. The van der Waals surface area contributed by atoms with Crippen molar-refractivity contribution in [3.05, 3.63) is 89.3 Å². The Labute approximate surface area is 198 Å². The van der Waals surface area contributed by atoms with E-state index in [1.165, 1.54) is 19.1 Å². The Morgan fingerprint density at radius 2 is 1.59 bits per heavy atom. The van der Waals surface area contributed by atoms with Gasteiger partial charge in [0.25, 0.3) is 11.7 Å². The number of nitrogens with zero attached hydrogens (tertiary/aromatic N) is 2.